The lowest BCUT2D eigenvalue weighted by Crippen LogP contribution is -2.03. The second-order valence-corrected chi connectivity index (χ2v) is 6.92. The molecule has 1 rings (SSSR count). The van der Waals surface area contributed by atoms with Crippen LogP contribution in [0.1, 0.15) is 18.1 Å². The summed E-state index contributed by atoms with van der Waals surface area (Å²) in [5, 5.41) is 0. The molecule has 0 saturated heterocycles. The molecule has 0 aliphatic rings. The molecule has 12 heavy (non-hydrogen) atoms. The molecule has 0 fully saturated rings. The first-order valence-corrected chi connectivity index (χ1v) is 5.24. The Morgan fingerprint density at radius 2 is 1.92 bits per heavy atom. The van der Waals surface area contributed by atoms with Gasteiger partial charge in [0.1, 0.15) is 3.23 Å². The molecule has 0 aliphatic heterocycles. The van der Waals surface area contributed by atoms with E-state index in [4.69, 9.17) is 0 Å². The lowest BCUT2D eigenvalue weighted by Gasteiger charge is -2.17. The molecule has 0 unspecified atom stereocenters. The molecule has 0 radical (unpaired) electrons. The molecule has 0 bridgehead atoms. The van der Waals surface area contributed by atoms with Gasteiger partial charge in [0.25, 0.3) is 0 Å². The van der Waals surface area contributed by atoms with Gasteiger partial charge in [-0.25, -0.2) is 0 Å². The molecule has 0 heterocycles. The third-order valence-electron chi connectivity index (χ3n) is 1.65. The standard InChI is InChI=1S/C10H10Br2/c1-3-8-6-4-5-7-9(8)10(2,11)12/h3-7H,1H2,2H3. The topological polar surface area (TPSA) is 0 Å². The summed E-state index contributed by atoms with van der Waals surface area (Å²) in [6, 6.07) is 8.14. The molecule has 1 aromatic carbocycles. The summed E-state index contributed by atoms with van der Waals surface area (Å²) in [6.45, 7) is 5.81. The third-order valence-corrected chi connectivity index (χ3v) is 2.51. The molecule has 0 saturated carbocycles. The van der Waals surface area contributed by atoms with E-state index in [1.54, 1.807) is 0 Å². The molecule has 0 nitrogen and oxygen atoms in total. The van der Waals surface area contributed by atoms with Crippen LogP contribution in [0.4, 0.5) is 0 Å². The van der Waals surface area contributed by atoms with Gasteiger partial charge in [-0.2, -0.15) is 0 Å². The van der Waals surface area contributed by atoms with E-state index in [-0.39, 0.29) is 3.23 Å². The Hall–Kier alpha value is -0.0800. The minimum Gasteiger partial charge on any atom is -0.0985 e. The van der Waals surface area contributed by atoms with E-state index in [9.17, 15) is 0 Å². The van der Waals surface area contributed by atoms with Crippen LogP contribution >= 0.6 is 31.9 Å². The van der Waals surface area contributed by atoms with Crippen LogP contribution < -0.4 is 0 Å². The predicted octanol–water partition coefficient (Wildman–Crippen LogP) is 4.29. The molecular formula is C10H10Br2. The van der Waals surface area contributed by atoms with Gasteiger partial charge in [0.15, 0.2) is 0 Å². The maximum absolute atomic E-state index is 3.76. The fourth-order valence-corrected chi connectivity index (χ4v) is 1.80. The monoisotopic (exact) mass is 288 g/mol. The highest BCUT2D eigenvalue weighted by molar-refractivity contribution is 9.24. The lowest BCUT2D eigenvalue weighted by atomic mass is 10.1. The summed E-state index contributed by atoms with van der Waals surface area (Å²) in [7, 11) is 0. The van der Waals surface area contributed by atoms with Gasteiger partial charge in [0.2, 0.25) is 0 Å². The minimum atomic E-state index is -0.162. The quantitative estimate of drug-likeness (QED) is 0.713. The first-order chi connectivity index (χ1) is 5.55. The second-order valence-electron chi connectivity index (χ2n) is 2.68. The van der Waals surface area contributed by atoms with Gasteiger partial charge < -0.3 is 0 Å². The molecule has 0 aromatic heterocycles. The van der Waals surface area contributed by atoms with E-state index in [1.807, 2.05) is 24.3 Å². The van der Waals surface area contributed by atoms with Crippen molar-refractivity contribution >= 4 is 37.9 Å². The number of halogens is 2. The van der Waals surface area contributed by atoms with Crippen molar-refractivity contribution in [3.8, 4) is 0 Å². The molecule has 64 valence electrons. The summed E-state index contributed by atoms with van der Waals surface area (Å²) < 4.78 is -0.162. The summed E-state index contributed by atoms with van der Waals surface area (Å²) in [6.07, 6.45) is 1.86. The number of alkyl halides is 2. The molecule has 0 N–H and O–H groups in total. The van der Waals surface area contributed by atoms with Gasteiger partial charge in [-0.15, -0.1) is 0 Å². The Bertz CT molecular complexity index is 284. The van der Waals surface area contributed by atoms with Crippen LogP contribution in [0, 0.1) is 0 Å². The minimum absolute atomic E-state index is 0.162. The van der Waals surface area contributed by atoms with E-state index in [2.05, 4.69) is 51.4 Å². The molecular weight excluding hydrogens is 280 g/mol. The Morgan fingerprint density at radius 1 is 1.33 bits per heavy atom. The Balaban J connectivity index is 3.23. The van der Waals surface area contributed by atoms with Crippen molar-refractivity contribution < 1.29 is 0 Å². The van der Waals surface area contributed by atoms with E-state index in [0.29, 0.717) is 0 Å². The van der Waals surface area contributed by atoms with Gasteiger partial charge >= 0.3 is 0 Å². The van der Waals surface area contributed by atoms with Gasteiger partial charge in [-0.05, 0) is 18.1 Å². The normalized spacial score (nSPS) is 11.2. The van der Waals surface area contributed by atoms with Crippen molar-refractivity contribution in [2.45, 2.75) is 10.2 Å². The average molecular weight is 290 g/mol. The van der Waals surface area contributed by atoms with Crippen LogP contribution in [0.15, 0.2) is 30.8 Å². The maximum atomic E-state index is 3.76. The first-order valence-electron chi connectivity index (χ1n) is 3.65. The van der Waals surface area contributed by atoms with E-state index < -0.39 is 0 Å². The highest BCUT2D eigenvalue weighted by atomic mass is 79.9. The van der Waals surface area contributed by atoms with Crippen LogP contribution in [0.3, 0.4) is 0 Å². The third kappa shape index (κ3) is 2.20. The molecule has 0 spiro atoms. The van der Waals surface area contributed by atoms with Crippen molar-refractivity contribution in [1.82, 2.24) is 0 Å². The summed E-state index contributed by atoms with van der Waals surface area (Å²) in [4.78, 5) is 0. The van der Waals surface area contributed by atoms with Crippen LogP contribution in [0.2, 0.25) is 0 Å². The molecule has 1 aromatic rings. The van der Waals surface area contributed by atoms with Crippen molar-refractivity contribution in [2.75, 3.05) is 0 Å². The van der Waals surface area contributed by atoms with Gasteiger partial charge in [0, 0.05) is 0 Å². The van der Waals surface area contributed by atoms with Crippen molar-refractivity contribution in [1.29, 1.82) is 0 Å². The molecule has 0 amide bonds. The highest BCUT2D eigenvalue weighted by Crippen LogP contribution is 2.39. The largest absolute Gasteiger partial charge is 0.103 e. The Kier molecular flexibility index (Phi) is 3.13. The highest BCUT2D eigenvalue weighted by Gasteiger charge is 2.19. The lowest BCUT2D eigenvalue weighted by molar-refractivity contribution is 1.05. The number of hydrogen-bond acceptors (Lipinski definition) is 0. The van der Waals surface area contributed by atoms with Gasteiger partial charge in [-0.3, -0.25) is 0 Å². The van der Waals surface area contributed by atoms with E-state index >= 15 is 0 Å². The Morgan fingerprint density at radius 3 is 2.33 bits per heavy atom. The van der Waals surface area contributed by atoms with Crippen molar-refractivity contribution in [3.63, 3.8) is 0 Å². The number of benzene rings is 1. The average Bonchev–Trinajstić information content (AvgIpc) is 2.03. The van der Waals surface area contributed by atoms with Crippen LogP contribution in [0.5, 0.6) is 0 Å². The Labute approximate surface area is 89.9 Å². The summed E-state index contributed by atoms with van der Waals surface area (Å²) >= 11 is 7.09. The second kappa shape index (κ2) is 3.75. The zero-order valence-corrected chi connectivity index (χ0v) is 10.0. The van der Waals surface area contributed by atoms with Crippen LogP contribution in [-0.4, -0.2) is 0 Å². The van der Waals surface area contributed by atoms with Crippen molar-refractivity contribution in [3.05, 3.63) is 42.0 Å². The molecule has 0 aliphatic carbocycles. The fourth-order valence-electron chi connectivity index (χ4n) is 1.07. The smallest absolute Gasteiger partial charge is 0.0985 e. The SMILES string of the molecule is C=Cc1ccccc1C(C)(Br)Br. The zero-order chi connectivity index (χ0) is 9.19. The predicted molar refractivity (Wildman–Crippen MR) is 61.7 cm³/mol. The molecule has 0 atom stereocenters. The molecule has 2 heteroatoms. The van der Waals surface area contributed by atoms with Gasteiger partial charge in [-0.1, -0.05) is 68.8 Å². The first kappa shape index (κ1) is 10.0. The summed E-state index contributed by atoms with van der Waals surface area (Å²) in [5.74, 6) is 0. The number of hydrogen-bond donors (Lipinski definition) is 0. The summed E-state index contributed by atoms with van der Waals surface area (Å²) in [5.41, 5.74) is 2.34. The zero-order valence-electron chi connectivity index (χ0n) is 6.85. The number of rotatable bonds is 2. The van der Waals surface area contributed by atoms with Crippen LogP contribution in [-0.2, 0) is 3.23 Å². The van der Waals surface area contributed by atoms with Crippen molar-refractivity contribution in [2.24, 2.45) is 0 Å². The van der Waals surface area contributed by atoms with Crippen LogP contribution in [0.25, 0.3) is 6.08 Å². The van der Waals surface area contributed by atoms with Gasteiger partial charge in [0.05, 0.1) is 0 Å². The van der Waals surface area contributed by atoms with E-state index in [1.165, 1.54) is 5.56 Å². The maximum Gasteiger partial charge on any atom is 0.103 e. The van der Waals surface area contributed by atoms with E-state index in [0.717, 1.165) is 5.56 Å². The fraction of sp³-hybridized carbons (Fsp3) is 0.200.